The van der Waals surface area contributed by atoms with Crippen LogP contribution in [0, 0.1) is 0 Å². The highest BCUT2D eigenvalue weighted by atomic mass is 32.1. The van der Waals surface area contributed by atoms with Crippen LogP contribution in [0.3, 0.4) is 0 Å². The molecule has 0 aliphatic carbocycles. The van der Waals surface area contributed by atoms with Crippen molar-refractivity contribution in [1.82, 2.24) is 19.9 Å². The van der Waals surface area contributed by atoms with Crippen LogP contribution in [-0.2, 0) is 19.5 Å². The van der Waals surface area contributed by atoms with Gasteiger partial charge in [-0.2, -0.15) is 0 Å². The molecule has 0 aliphatic heterocycles. The van der Waals surface area contributed by atoms with Crippen molar-refractivity contribution in [3.8, 4) is 0 Å². The zero-order chi connectivity index (χ0) is 12.1. The van der Waals surface area contributed by atoms with Crippen molar-refractivity contribution in [3.63, 3.8) is 0 Å². The molecule has 0 saturated carbocycles. The standard InChI is InChI=1S/C12H18N4S/c1-3-11-8-17-12(15-11)6-14-10(2)7-16-5-4-13-9-16/h4-5,8-10,14H,3,6-7H2,1-2H3/t10-/m1/s1. The molecule has 1 atom stereocenters. The SMILES string of the molecule is CCc1csc(CN[C@H](C)Cn2ccnc2)n1. The largest absolute Gasteiger partial charge is 0.336 e. The average molecular weight is 250 g/mol. The molecular weight excluding hydrogens is 232 g/mol. The molecule has 0 amide bonds. The van der Waals surface area contributed by atoms with Gasteiger partial charge in [0.1, 0.15) is 5.01 Å². The van der Waals surface area contributed by atoms with E-state index >= 15 is 0 Å². The third-order valence-corrected chi connectivity index (χ3v) is 3.50. The molecule has 5 heteroatoms. The van der Waals surface area contributed by atoms with Gasteiger partial charge in [0.15, 0.2) is 0 Å². The smallest absolute Gasteiger partial charge is 0.107 e. The van der Waals surface area contributed by atoms with E-state index in [-0.39, 0.29) is 0 Å². The molecule has 92 valence electrons. The van der Waals surface area contributed by atoms with Crippen LogP contribution in [0.5, 0.6) is 0 Å². The van der Waals surface area contributed by atoms with Crippen molar-refractivity contribution in [2.75, 3.05) is 0 Å². The number of thiazole rings is 1. The minimum absolute atomic E-state index is 0.415. The summed E-state index contributed by atoms with van der Waals surface area (Å²) in [6.07, 6.45) is 6.65. The Balaban J connectivity index is 1.77. The zero-order valence-corrected chi connectivity index (χ0v) is 11.1. The first kappa shape index (κ1) is 12.3. The van der Waals surface area contributed by atoms with Crippen molar-refractivity contribution in [2.45, 2.75) is 39.4 Å². The predicted octanol–water partition coefficient (Wildman–Crippen LogP) is 2.08. The molecule has 1 N–H and O–H groups in total. The van der Waals surface area contributed by atoms with Crippen molar-refractivity contribution < 1.29 is 0 Å². The summed E-state index contributed by atoms with van der Waals surface area (Å²) in [5.74, 6) is 0. The number of hydrogen-bond acceptors (Lipinski definition) is 4. The van der Waals surface area contributed by atoms with E-state index in [4.69, 9.17) is 0 Å². The zero-order valence-electron chi connectivity index (χ0n) is 10.3. The highest BCUT2D eigenvalue weighted by Gasteiger charge is 2.04. The van der Waals surface area contributed by atoms with Gasteiger partial charge in [0.2, 0.25) is 0 Å². The second kappa shape index (κ2) is 5.93. The van der Waals surface area contributed by atoms with Gasteiger partial charge in [-0.1, -0.05) is 6.92 Å². The van der Waals surface area contributed by atoms with Crippen molar-refractivity contribution >= 4 is 11.3 Å². The molecular formula is C12H18N4S. The second-order valence-corrected chi connectivity index (χ2v) is 5.07. The molecule has 0 saturated heterocycles. The molecule has 2 rings (SSSR count). The summed E-state index contributed by atoms with van der Waals surface area (Å²) in [5, 5.41) is 6.78. The van der Waals surface area contributed by atoms with E-state index in [1.807, 2.05) is 12.5 Å². The highest BCUT2D eigenvalue weighted by Crippen LogP contribution is 2.10. The fraction of sp³-hybridized carbons (Fsp3) is 0.500. The number of nitrogens with one attached hydrogen (secondary N) is 1. The number of rotatable bonds is 6. The molecule has 0 fully saturated rings. The summed E-state index contributed by atoms with van der Waals surface area (Å²) in [6, 6.07) is 0.415. The van der Waals surface area contributed by atoms with Gasteiger partial charge in [0.25, 0.3) is 0 Å². The third-order valence-electron chi connectivity index (χ3n) is 2.61. The normalized spacial score (nSPS) is 12.8. The van der Waals surface area contributed by atoms with Crippen molar-refractivity contribution in [3.05, 3.63) is 34.8 Å². The van der Waals surface area contributed by atoms with Crippen LogP contribution in [0.15, 0.2) is 24.1 Å². The Hall–Kier alpha value is -1.20. The van der Waals surface area contributed by atoms with Gasteiger partial charge < -0.3 is 9.88 Å². The van der Waals surface area contributed by atoms with Gasteiger partial charge in [-0.25, -0.2) is 9.97 Å². The Morgan fingerprint density at radius 2 is 2.41 bits per heavy atom. The summed E-state index contributed by atoms with van der Waals surface area (Å²) in [7, 11) is 0. The first-order valence-corrected chi connectivity index (χ1v) is 6.78. The topological polar surface area (TPSA) is 42.7 Å². The number of aromatic nitrogens is 3. The lowest BCUT2D eigenvalue weighted by molar-refractivity contribution is 0.475. The van der Waals surface area contributed by atoms with Crippen molar-refractivity contribution in [2.24, 2.45) is 0 Å². The minimum atomic E-state index is 0.415. The van der Waals surface area contributed by atoms with Crippen LogP contribution in [0.2, 0.25) is 0 Å². The van der Waals surface area contributed by atoms with Gasteiger partial charge in [0.05, 0.1) is 12.0 Å². The molecule has 0 aromatic carbocycles. The lowest BCUT2D eigenvalue weighted by Crippen LogP contribution is -2.29. The Morgan fingerprint density at radius 3 is 3.06 bits per heavy atom. The van der Waals surface area contributed by atoms with Gasteiger partial charge in [0, 0.05) is 36.9 Å². The van der Waals surface area contributed by atoms with Crippen molar-refractivity contribution in [1.29, 1.82) is 0 Å². The van der Waals surface area contributed by atoms with Crippen LogP contribution in [0.1, 0.15) is 24.5 Å². The van der Waals surface area contributed by atoms with E-state index in [9.17, 15) is 0 Å². The maximum Gasteiger partial charge on any atom is 0.107 e. The number of nitrogens with zero attached hydrogens (tertiary/aromatic N) is 3. The molecule has 0 spiro atoms. The van der Waals surface area contributed by atoms with E-state index in [1.165, 1.54) is 10.7 Å². The predicted molar refractivity (Wildman–Crippen MR) is 70.0 cm³/mol. The summed E-state index contributed by atoms with van der Waals surface area (Å²) in [4.78, 5) is 8.57. The lowest BCUT2D eigenvalue weighted by atomic mass is 10.3. The van der Waals surface area contributed by atoms with Crippen LogP contribution in [-0.4, -0.2) is 20.6 Å². The van der Waals surface area contributed by atoms with Gasteiger partial charge >= 0.3 is 0 Å². The summed E-state index contributed by atoms with van der Waals surface area (Å²) in [6.45, 7) is 6.09. The second-order valence-electron chi connectivity index (χ2n) is 4.13. The minimum Gasteiger partial charge on any atom is -0.336 e. The summed E-state index contributed by atoms with van der Waals surface area (Å²) >= 11 is 1.73. The third kappa shape index (κ3) is 3.64. The molecule has 0 bridgehead atoms. The number of aryl methyl sites for hydroxylation is 1. The quantitative estimate of drug-likeness (QED) is 0.853. The monoisotopic (exact) mass is 250 g/mol. The molecule has 17 heavy (non-hydrogen) atoms. The highest BCUT2D eigenvalue weighted by molar-refractivity contribution is 7.09. The van der Waals surface area contributed by atoms with Gasteiger partial charge in [-0.15, -0.1) is 11.3 Å². The Bertz CT molecular complexity index is 435. The summed E-state index contributed by atoms with van der Waals surface area (Å²) < 4.78 is 2.08. The van der Waals surface area contributed by atoms with E-state index in [0.717, 1.165) is 19.5 Å². The van der Waals surface area contributed by atoms with Crippen LogP contribution in [0.4, 0.5) is 0 Å². The summed E-state index contributed by atoms with van der Waals surface area (Å²) in [5.41, 5.74) is 1.19. The Kier molecular flexibility index (Phi) is 4.28. The first-order chi connectivity index (χ1) is 8.28. The average Bonchev–Trinajstić information content (AvgIpc) is 2.96. The molecule has 4 nitrogen and oxygen atoms in total. The number of hydrogen-bond donors (Lipinski definition) is 1. The molecule has 0 aliphatic rings. The molecule has 2 aromatic rings. The van der Waals surface area contributed by atoms with Crippen LogP contribution < -0.4 is 5.32 Å². The fourth-order valence-electron chi connectivity index (χ4n) is 1.63. The molecule has 0 radical (unpaired) electrons. The van der Waals surface area contributed by atoms with Crippen LogP contribution >= 0.6 is 11.3 Å². The van der Waals surface area contributed by atoms with Gasteiger partial charge in [-0.05, 0) is 13.3 Å². The lowest BCUT2D eigenvalue weighted by Gasteiger charge is -2.13. The molecule has 0 unspecified atom stereocenters. The Morgan fingerprint density at radius 1 is 1.53 bits per heavy atom. The van der Waals surface area contributed by atoms with E-state index in [0.29, 0.717) is 6.04 Å². The van der Waals surface area contributed by atoms with Gasteiger partial charge in [-0.3, -0.25) is 0 Å². The first-order valence-electron chi connectivity index (χ1n) is 5.90. The van der Waals surface area contributed by atoms with E-state index in [2.05, 4.69) is 39.1 Å². The number of imidazole rings is 1. The van der Waals surface area contributed by atoms with Crippen LogP contribution in [0.25, 0.3) is 0 Å². The molecule has 2 aromatic heterocycles. The fourth-order valence-corrected chi connectivity index (χ4v) is 2.46. The van der Waals surface area contributed by atoms with E-state index in [1.54, 1.807) is 17.5 Å². The maximum absolute atomic E-state index is 4.53. The Labute approximate surface area is 106 Å². The molecule has 2 heterocycles. The maximum atomic E-state index is 4.53. The van der Waals surface area contributed by atoms with E-state index < -0.39 is 0 Å².